The lowest BCUT2D eigenvalue weighted by Crippen LogP contribution is -2.42. The van der Waals surface area contributed by atoms with Crippen LogP contribution in [-0.4, -0.2) is 22.0 Å². The Balaban J connectivity index is 1.20. The molecule has 7 atom stereocenters. The van der Waals surface area contributed by atoms with E-state index in [0.29, 0.717) is 17.3 Å². The van der Waals surface area contributed by atoms with Crippen LogP contribution in [0.1, 0.15) is 28.3 Å². The van der Waals surface area contributed by atoms with Gasteiger partial charge in [-0.25, -0.2) is 0 Å². The molecule has 2 saturated carbocycles. The lowest BCUT2D eigenvalue weighted by atomic mass is 9.68. The number of aromatic amines is 1. The number of imide groups is 1. The number of thiazole rings is 1. The third-order valence-electron chi connectivity index (χ3n) is 9.35. The molecule has 2 aliphatic heterocycles. The number of nitrogens with zero attached hydrogens (tertiary/aromatic N) is 1. The van der Waals surface area contributed by atoms with Crippen LogP contribution in [0.2, 0.25) is 5.02 Å². The Labute approximate surface area is 263 Å². The third kappa shape index (κ3) is 4.08. The fourth-order valence-corrected chi connectivity index (χ4v) is 11.2. The maximum atomic E-state index is 14.0. The van der Waals surface area contributed by atoms with Crippen LogP contribution in [0.5, 0.6) is 5.75 Å². The normalized spacial score (nSPS) is 29.0. The molecule has 42 heavy (non-hydrogen) atoms. The maximum Gasteiger partial charge on any atom is 0.305 e. The molecule has 6 nitrogen and oxygen atoms in total. The lowest BCUT2D eigenvalue weighted by Gasteiger charge is -2.43. The van der Waals surface area contributed by atoms with Crippen LogP contribution in [0.25, 0.3) is 0 Å². The van der Waals surface area contributed by atoms with Crippen molar-refractivity contribution in [2.24, 2.45) is 29.6 Å². The van der Waals surface area contributed by atoms with Gasteiger partial charge in [-0.2, -0.15) is 0 Å². The molecule has 2 amide bonds. The van der Waals surface area contributed by atoms with Crippen molar-refractivity contribution in [1.82, 2.24) is 4.98 Å². The molecular formula is C32H24BrClN2O4S2. The summed E-state index contributed by atoms with van der Waals surface area (Å²) >= 11 is 12.7. The zero-order chi connectivity index (χ0) is 28.7. The molecule has 0 spiro atoms. The molecule has 3 heterocycles. The standard InChI is InChI=1S/C32H24BrClN2O4S2/c33-16-8-11-22(40-14-15-6-9-17(34)10-7-15)19(12-16)23-24-20-13-21(27(24)41-29-28(23)42-32(39)35-29)26-25(20)30(37)36(31(26)38)18-4-2-1-3-5-18/h1-12,20-21,23-27H,13-14H2,(H,35,39)/t20-,21-,23+,24+,25+,26+,27-/m1/s1. The molecule has 0 radical (unpaired) electrons. The van der Waals surface area contributed by atoms with Crippen LogP contribution in [0.4, 0.5) is 5.69 Å². The number of hydrogen-bond acceptors (Lipinski definition) is 6. The summed E-state index contributed by atoms with van der Waals surface area (Å²) in [6.07, 6.45) is 0.836. The first-order valence-corrected chi connectivity index (χ1v) is 16.7. The summed E-state index contributed by atoms with van der Waals surface area (Å²) in [5, 5.41) is 1.65. The van der Waals surface area contributed by atoms with Gasteiger partial charge in [0.15, 0.2) is 0 Å². The molecule has 1 saturated heterocycles. The third-order valence-corrected chi connectivity index (χ3v) is 12.7. The fraction of sp³-hybridized carbons (Fsp3) is 0.281. The van der Waals surface area contributed by atoms with Crippen molar-refractivity contribution in [2.75, 3.05) is 4.90 Å². The van der Waals surface area contributed by atoms with Crippen LogP contribution < -0.4 is 14.5 Å². The van der Waals surface area contributed by atoms with Gasteiger partial charge in [0.2, 0.25) is 11.8 Å². The van der Waals surface area contributed by atoms with Gasteiger partial charge in [-0.15, -0.1) is 11.8 Å². The maximum absolute atomic E-state index is 14.0. The first-order chi connectivity index (χ1) is 20.4. The summed E-state index contributed by atoms with van der Waals surface area (Å²) in [6, 6.07) is 22.9. The minimum Gasteiger partial charge on any atom is -0.489 e. The number of fused-ring (bicyclic) bond motifs is 9. The molecule has 1 N–H and O–H groups in total. The van der Waals surface area contributed by atoms with Gasteiger partial charge in [0.1, 0.15) is 12.4 Å². The average Bonchev–Trinajstić information content (AvgIpc) is 3.72. The van der Waals surface area contributed by atoms with Crippen LogP contribution in [0.15, 0.2) is 87.1 Å². The Morgan fingerprint density at radius 3 is 2.45 bits per heavy atom. The van der Waals surface area contributed by atoms with E-state index >= 15 is 0 Å². The molecule has 4 aliphatic rings. The number of benzene rings is 3. The molecule has 10 heteroatoms. The van der Waals surface area contributed by atoms with E-state index in [-0.39, 0.29) is 57.4 Å². The highest BCUT2D eigenvalue weighted by molar-refractivity contribution is 9.10. The summed E-state index contributed by atoms with van der Waals surface area (Å²) in [6.45, 7) is 0.368. The van der Waals surface area contributed by atoms with Crippen molar-refractivity contribution in [1.29, 1.82) is 0 Å². The number of anilines is 1. The van der Waals surface area contributed by atoms with Crippen molar-refractivity contribution in [3.8, 4) is 5.75 Å². The Morgan fingerprint density at radius 2 is 1.69 bits per heavy atom. The van der Waals surface area contributed by atoms with Gasteiger partial charge < -0.3 is 9.72 Å². The number of aromatic nitrogens is 1. The number of carbonyl (C=O) groups is 2. The summed E-state index contributed by atoms with van der Waals surface area (Å²) in [5.41, 5.74) is 2.63. The Morgan fingerprint density at radius 1 is 0.952 bits per heavy atom. The van der Waals surface area contributed by atoms with Gasteiger partial charge in [-0.3, -0.25) is 19.3 Å². The number of ether oxygens (including phenoxy) is 1. The molecule has 1 aromatic heterocycles. The largest absolute Gasteiger partial charge is 0.489 e. The quantitative estimate of drug-likeness (QED) is 0.228. The number of hydrogen-bond donors (Lipinski definition) is 1. The molecule has 3 aromatic carbocycles. The smallest absolute Gasteiger partial charge is 0.305 e. The Bertz CT molecular complexity index is 1790. The second kappa shape index (κ2) is 10.1. The summed E-state index contributed by atoms with van der Waals surface area (Å²) in [4.78, 5) is 45.9. The minimum absolute atomic E-state index is 0.0288. The van der Waals surface area contributed by atoms with Crippen molar-refractivity contribution in [3.05, 3.63) is 108 Å². The van der Waals surface area contributed by atoms with Gasteiger partial charge in [0.05, 0.1) is 22.5 Å². The highest BCUT2D eigenvalue weighted by Crippen LogP contribution is 2.69. The monoisotopic (exact) mass is 678 g/mol. The topological polar surface area (TPSA) is 79.5 Å². The number of H-pyrrole nitrogens is 1. The predicted octanol–water partition coefficient (Wildman–Crippen LogP) is 7.11. The zero-order valence-electron chi connectivity index (χ0n) is 22.0. The lowest BCUT2D eigenvalue weighted by molar-refractivity contribution is -0.123. The SMILES string of the molecule is O=C1[C@H]2[C@H]3C[C@@H]([C@@H]2C(=O)N1c1ccccc1)[C@H]1[C@H](c2cc(Br)ccc2OCc2ccc(Cl)cc2)c2sc(=O)[nH]c2S[C@H]31. The van der Waals surface area contributed by atoms with Gasteiger partial charge in [0, 0.05) is 31.1 Å². The van der Waals surface area contributed by atoms with Gasteiger partial charge in [0.25, 0.3) is 0 Å². The van der Waals surface area contributed by atoms with Crippen molar-refractivity contribution >= 4 is 68.1 Å². The van der Waals surface area contributed by atoms with Gasteiger partial charge in [-0.05, 0) is 72.2 Å². The van der Waals surface area contributed by atoms with E-state index in [9.17, 15) is 14.4 Å². The summed E-state index contributed by atoms with van der Waals surface area (Å²) in [7, 11) is 0. The molecular weight excluding hydrogens is 656 g/mol. The van der Waals surface area contributed by atoms with Crippen molar-refractivity contribution in [2.45, 2.75) is 29.2 Å². The highest BCUT2D eigenvalue weighted by atomic mass is 79.9. The second-order valence-electron chi connectivity index (χ2n) is 11.4. The number of nitrogens with one attached hydrogen (secondary N) is 1. The van der Waals surface area contributed by atoms with Crippen molar-refractivity contribution in [3.63, 3.8) is 0 Å². The minimum atomic E-state index is -0.352. The summed E-state index contributed by atoms with van der Waals surface area (Å²) in [5.74, 6) is -0.0780. The molecule has 212 valence electrons. The number of para-hydroxylation sites is 1. The number of rotatable bonds is 5. The van der Waals surface area contributed by atoms with E-state index in [4.69, 9.17) is 16.3 Å². The van der Waals surface area contributed by atoms with E-state index in [1.54, 1.807) is 11.8 Å². The molecule has 0 unspecified atom stereocenters. The van der Waals surface area contributed by atoms with E-state index in [0.717, 1.165) is 37.7 Å². The first kappa shape index (κ1) is 26.8. The van der Waals surface area contributed by atoms with E-state index in [1.165, 1.54) is 16.2 Å². The number of thioether (sulfide) groups is 1. The van der Waals surface area contributed by atoms with E-state index in [1.807, 2.05) is 66.7 Å². The molecule has 2 aliphatic carbocycles. The van der Waals surface area contributed by atoms with Crippen LogP contribution in [-0.2, 0) is 16.2 Å². The summed E-state index contributed by atoms with van der Waals surface area (Å²) < 4.78 is 7.35. The van der Waals surface area contributed by atoms with E-state index < -0.39 is 0 Å². The fourth-order valence-electron chi connectivity index (χ4n) is 7.83. The molecule has 8 rings (SSSR count). The van der Waals surface area contributed by atoms with Crippen molar-refractivity contribution < 1.29 is 14.3 Å². The number of halogens is 2. The molecule has 4 aromatic rings. The Hall–Kier alpha value is -2.85. The first-order valence-electron chi connectivity index (χ1n) is 13.9. The van der Waals surface area contributed by atoms with Gasteiger partial charge in [-0.1, -0.05) is 69.2 Å². The zero-order valence-corrected chi connectivity index (χ0v) is 26.0. The number of amides is 2. The highest BCUT2D eigenvalue weighted by Gasteiger charge is 2.69. The average molecular weight is 680 g/mol. The van der Waals surface area contributed by atoms with E-state index in [2.05, 4.69) is 27.0 Å². The molecule has 2 bridgehead atoms. The second-order valence-corrected chi connectivity index (χ2v) is 15.0. The Kier molecular flexibility index (Phi) is 6.44. The molecule has 3 fully saturated rings. The van der Waals surface area contributed by atoms with Crippen LogP contribution in [0.3, 0.4) is 0 Å². The number of carbonyl (C=O) groups excluding carboxylic acids is 2. The van der Waals surface area contributed by atoms with Crippen LogP contribution >= 0.6 is 50.6 Å². The van der Waals surface area contributed by atoms with Gasteiger partial charge >= 0.3 is 4.87 Å². The van der Waals surface area contributed by atoms with Crippen LogP contribution in [0, 0.1) is 29.6 Å². The predicted molar refractivity (Wildman–Crippen MR) is 167 cm³/mol.